The van der Waals surface area contributed by atoms with E-state index < -0.39 is 0 Å². The summed E-state index contributed by atoms with van der Waals surface area (Å²) in [5, 5.41) is 12.5. The molecule has 88 valence electrons. The molecule has 1 aromatic carbocycles. The fourth-order valence-corrected chi connectivity index (χ4v) is 2.43. The first kappa shape index (κ1) is 12.0. The first-order valence-electron chi connectivity index (χ1n) is 5.48. The second-order valence-corrected chi connectivity index (χ2v) is 5.21. The number of hydrogen-bond acceptors (Lipinski definition) is 2. The van der Waals surface area contributed by atoms with Crippen LogP contribution in [0.4, 0.5) is 4.39 Å². The molecule has 2 nitrogen and oxygen atoms in total. The average molecular weight is 288 g/mol. The van der Waals surface area contributed by atoms with Gasteiger partial charge in [0.15, 0.2) is 0 Å². The van der Waals surface area contributed by atoms with E-state index >= 15 is 0 Å². The summed E-state index contributed by atoms with van der Waals surface area (Å²) >= 11 is 3.33. The van der Waals surface area contributed by atoms with Gasteiger partial charge in [-0.15, -0.1) is 0 Å². The summed E-state index contributed by atoms with van der Waals surface area (Å²) < 4.78 is 13.6. The Balaban J connectivity index is 1.76. The van der Waals surface area contributed by atoms with Crippen molar-refractivity contribution >= 4 is 15.9 Å². The van der Waals surface area contributed by atoms with E-state index in [0.717, 1.165) is 36.0 Å². The molecule has 16 heavy (non-hydrogen) atoms. The summed E-state index contributed by atoms with van der Waals surface area (Å²) in [5.41, 5.74) is 1.06. The van der Waals surface area contributed by atoms with Crippen LogP contribution in [0.3, 0.4) is 0 Å². The van der Waals surface area contributed by atoms with Crippen molar-refractivity contribution in [1.29, 1.82) is 0 Å². The van der Waals surface area contributed by atoms with Gasteiger partial charge in [0, 0.05) is 11.0 Å². The lowest BCUT2D eigenvalue weighted by Gasteiger charge is -2.31. The predicted octanol–water partition coefficient (Wildman–Crippen LogP) is 2.45. The molecule has 1 fully saturated rings. The van der Waals surface area contributed by atoms with E-state index in [2.05, 4.69) is 21.2 Å². The third-order valence-corrected chi connectivity index (χ3v) is 3.71. The maximum atomic E-state index is 12.8. The van der Waals surface area contributed by atoms with E-state index in [1.807, 2.05) is 0 Å². The molecule has 1 aliphatic rings. The Morgan fingerprint density at radius 2 is 2.19 bits per heavy atom. The molecule has 1 saturated carbocycles. The van der Waals surface area contributed by atoms with Crippen LogP contribution < -0.4 is 5.32 Å². The number of rotatable bonds is 4. The standard InChI is InChI=1S/C12H15BrFNO/c13-12-5-10(14)2-1-9(12)7-15-6-8-3-11(16)4-8/h1-2,5,8,11,15-16H,3-4,6-7H2. The second kappa shape index (κ2) is 5.25. The monoisotopic (exact) mass is 287 g/mol. The third kappa shape index (κ3) is 3.03. The van der Waals surface area contributed by atoms with Crippen LogP contribution in [-0.2, 0) is 6.54 Å². The predicted molar refractivity (Wildman–Crippen MR) is 64.5 cm³/mol. The molecule has 4 heteroatoms. The minimum absolute atomic E-state index is 0.0932. The zero-order chi connectivity index (χ0) is 11.5. The molecule has 0 spiro atoms. The van der Waals surface area contributed by atoms with E-state index in [1.54, 1.807) is 6.07 Å². The molecule has 0 bridgehead atoms. The van der Waals surface area contributed by atoms with Crippen molar-refractivity contribution in [2.24, 2.45) is 5.92 Å². The zero-order valence-electron chi connectivity index (χ0n) is 8.92. The molecule has 1 aliphatic carbocycles. The van der Waals surface area contributed by atoms with Crippen LogP contribution in [0.5, 0.6) is 0 Å². The maximum Gasteiger partial charge on any atom is 0.124 e. The van der Waals surface area contributed by atoms with Crippen LogP contribution in [0.1, 0.15) is 18.4 Å². The summed E-state index contributed by atoms with van der Waals surface area (Å²) in [4.78, 5) is 0. The quantitative estimate of drug-likeness (QED) is 0.892. The molecule has 0 saturated heterocycles. The third-order valence-electron chi connectivity index (χ3n) is 2.97. The Morgan fingerprint density at radius 1 is 1.44 bits per heavy atom. The van der Waals surface area contributed by atoms with Gasteiger partial charge in [0.25, 0.3) is 0 Å². The van der Waals surface area contributed by atoms with Gasteiger partial charge < -0.3 is 10.4 Å². The Bertz CT molecular complexity index is 366. The lowest BCUT2D eigenvalue weighted by Crippen LogP contribution is -2.35. The van der Waals surface area contributed by atoms with Gasteiger partial charge in [-0.1, -0.05) is 22.0 Å². The summed E-state index contributed by atoms with van der Waals surface area (Å²) in [6.07, 6.45) is 1.71. The fraction of sp³-hybridized carbons (Fsp3) is 0.500. The largest absolute Gasteiger partial charge is 0.393 e. The first-order chi connectivity index (χ1) is 7.65. The summed E-state index contributed by atoms with van der Waals surface area (Å²) in [6.45, 7) is 1.65. The Morgan fingerprint density at radius 3 is 2.81 bits per heavy atom. The number of aliphatic hydroxyl groups excluding tert-OH is 1. The molecule has 2 N–H and O–H groups in total. The Hall–Kier alpha value is -0.450. The molecule has 0 amide bonds. The Labute approximate surface area is 103 Å². The Kier molecular flexibility index (Phi) is 3.95. The molecular weight excluding hydrogens is 273 g/mol. The van der Waals surface area contributed by atoms with E-state index in [1.165, 1.54) is 12.1 Å². The topological polar surface area (TPSA) is 32.3 Å². The number of aliphatic hydroxyl groups is 1. The van der Waals surface area contributed by atoms with E-state index in [4.69, 9.17) is 5.11 Å². The van der Waals surface area contributed by atoms with Crippen LogP contribution in [0.2, 0.25) is 0 Å². The highest BCUT2D eigenvalue weighted by Crippen LogP contribution is 2.26. The summed E-state index contributed by atoms with van der Waals surface area (Å²) in [6, 6.07) is 4.72. The van der Waals surface area contributed by atoms with Gasteiger partial charge in [0.1, 0.15) is 5.82 Å². The number of halogens is 2. The number of nitrogens with one attached hydrogen (secondary N) is 1. The van der Waals surface area contributed by atoms with Crippen molar-refractivity contribution in [2.75, 3.05) is 6.54 Å². The molecule has 1 aromatic rings. The van der Waals surface area contributed by atoms with Gasteiger partial charge in [0.05, 0.1) is 6.10 Å². The summed E-state index contributed by atoms with van der Waals surface area (Å²) in [5.74, 6) is 0.368. The van der Waals surface area contributed by atoms with Crippen LogP contribution in [-0.4, -0.2) is 17.8 Å². The minimum atomic E-state index is -0.224. The molecule has 2 rings (SSSR count). The van der Waals surface area contributed by atoms with Crippen LogP contribution >= 0.6 is 15.9 Å². The van der Waals surface area contributed by atoms with Crippen LogP contribution in [0, 0.1) is 11.7 Å². The van der Waals surface area contributed by atoms with Crippen molar-refractivity contribution in [3.05, 3.63) is 34.1 Å². The maximum absolute atomic E-state index is 12.8. The molecular formula is C12H15BrFNO. The zero-order valence-corrected chi connectivity index (χ0v) is 10.5. The highest BCUT2D eigenvalue weighted by atomic mass is 79.9. The van der Waals surface area contributed by atoms with Crippen molar-refractivity contribution in [3.8, 4) is 0 Å². The molecule has 0 radical (unpaired) electrons. The average Bonchev–Trinajstić information content (AvgIpc) is 2.18. The molecule has 0 heterocycles. The van der Waals surface area contributed by atoms with Gasteiger partial charge in [0.2, 0.25) is 0 Å². The van der Waals surface area contributed by atoms with E-state index in [-0.39, 0.29) is 11.9 Å². The van der Waals surface area contributed by atoms with Gasteiger partial charge in [-0.3, -0.25) is 0 Å². The van der Waals surface area contributed by atoms with Gasteiger partial charge in [-0.05, 0) is 43.0 Å². The van der Waals surface area contributed by atoms with E-state index in [0.29, 0.717) is 5.92 Å². The van der Waals surface area contributed by atoms with Crippen molar-refractivity contribution in [1.82, 2.24) is 5.32 Å². The second-order valence-electron chi connectivity index (χ2n) is 4.36. The fourth-order valence-electron chi connectivity index (χ4n) is 1.94. The van der Waals surface area contributed by atoms with Crippen molar-refractivity contribution in [2.45, 2.75) is 25.5 Å². The van der Waals surface area contributed by atoms with Gasteiger partial charge in [-0.25, -0.2) is 4.39 Å². The van der Waals surface area contributed by atoms with Crippen molar-refractivity contribution < 1.29 is 9.50 Å². The smallest absolute Gasteiger partial charge is 0.124 e. The lowest BCUT2D eigenvalue weighted by atomic mass is 9.82. The molecule has 0 aromatic heterocycles. The highest BCUT2D eigenvalue weighted by molar-refractivity contribution is 9.10. The van der Waals surface area contributed by atoms with E-state index in [9.17, 15) is 4.39 Å². The number of hydrogen-bond donors (Lipinski definition) is 2. The SMILES string of the molecule is OC1CC(CNCc2ccc(F)cc2Br)C1. The van der Waals surface area contributed by atoms with Crippen LogP contribution in [0.25, 0.3) is 0 Å². The normalized spacial score (nSPS) is 24.2. The number of benzene rings is 1. The van der Waals surface area contributed by atoms with Crippen LogP contribution in [0.15, 0.2) is 22.7 Å². The van der Waals surface area contributed by atoms with Gasteiger partial charge >= 0.3 is 0 Å². The van der Waals surface area contributed by atoms with Gasteiger partial charge in [-0.2, -0.15) is 0 Å². The summed E-state index contributed by atoms with van der Waals surface area (Å²) in [7, 11) is 0. The molecule has 0 aliphatic heterocycles. The molecule has 0 unspecified atom stereocenters. The van der Waals surface area contributed by atoms with Crippen molar-refractivity contribution in [3.63, 3.8) is 0 Å². The molecule has 0 atom stereocenters. The first-order valence-corrected chi connectivity index (χ1v) is 6.27. The lowest BCUT2D eigenvalue weighted by molar-refractivity contribution is 0.0429. The highest BCUT2D eigenvalue weighted by Gasteiger charge is 2.26. The minimum Gasteiger partial charge on any atom is -0.393 e.